The highest BCUT2D eigenvalue weighted by Gasteiger charge is 2.54. The Morgan fingerprint density at radius 3 is 2.02 bits per heavy atom. The Morgan fingerprint density at radius 1 is 0.913 bits per heavy atom. The van der Waals surface area contributed by atoms with Crippen LogP contribution in [0, 0.1) is 17.8 Å². The number of benzene rings is 1. The lowest BCUT2D eigenvalue weighted by atomic mass is 9.77. The van der Waals surface area contributed by atoms with Gasteiger partial charge >= 0.3 is 5.97 Å². The summed E-state index contributed by atoms with van der Waals surface area (Å²) >= 11 is 0. The molecule has 7 atom stereocenters. The van der Waals surface area contributed by atoms with Gasteiger partial charge in [0.05, 0.1) is 17.9 Å². The molecule has 1 saturated carbocycles. The summed E-state index contributed by atoms with van der Waals surface area (Å²) in [6.07, 6.45) is 3.76. The summed E-state index contributed by atoms with van der Waals surface area (Å²) in [6.45, 7) is 9.11. The Kier molecular flexibility index (Phi) is 11.5. The number of hydrogen-bond acceptors (Lipinski definition) is 9. The van der Waals surface area contributed by atoms with Crippen LogP contribution < -0.4 is 16.0 Å². The molecule has 1 aliphatic carbocycles. The first-order valence-corrected chi connectivity index (χ1v) is 16.1. The van der Waals surface area contributed by atoms with Crippen molar-refractivity contribution in [2.45, 2.75) is 103 Å². The average Bonchev–Trinajstić information content (AvgIpc) is 3.23. The molecule has 4 amide bonds. The quantitative estimate of drug-likeness (QED) is 0.218. The van der Waals surface area contributed by atoms with Crippen molar-refractivity contribution in [3.8, 4) is 0 Å². The number of rotatable bonds is 13. The van der Waals surface area contributed by atoms with Crippen molar-refractivity contribution in [3.63, 3.8) is 0 Å². The number of fused-ring (bicyclic) bond motifs is 2. The molecule has 0 spiro atoms. The Bertz CT molecular complexity index is 1260. The topological polar surface area (TPSA) is 152 Å². The number of ether oxygens (including phenoxy) is 3. The minimum absolute atomic E-state index is 0.0260. The molecule has 2 fully saturated rings. The van der Waals surface area contributed by atoms with Gasteiger partial charge in [-0.1, -0.05) is 44.2 Å². The van der Waals surface area contributed by atoms with Crippen molar-refractivity contribution in [1.82, 2.24) is 20.9 Å². The van der Waals surface area contributed by atoms with E-state index in [-0.39, 0.29) is 55.2 Å². The first-order chi connectivity index (χ1) is 21.8. The van der Waals surface area contributed by atoms with E-state index < -0.39 is 47.4 Å². The predicted molar refractivity (Wildman–Crippen MR) is 169 cm³/mol. The third kappa shape index (κ3) is 8.86. The lowest BCUT2D eigenvalue weighted by Crippen LogP contribution is -2.57. The summed E-state index contributed by atoms with van der Waals surface area (Å²) in [5, 5.41) is 8.66. The molecular weight excluding hydrogens is 592 g/mol. The van der Waals surface area contributed by atoms with E-state index in [9.17, 15) is 24.0 Å². The van der Waals surface area contributed by atoms with E-state index in [1.165, 1.54) is 24.5 Å². The number of hydrogen-bond donors (Lipinski definition) is 3. The molecule has 2 aliphatic heterocycles. The molecular formula is C34H48N4O8. The van der Waals surface area contributed by atoms with Gasteiger partial charge in [-0.05, 0) is 45.1 Å². The van der Waals surface area contributed by atoms with Crippen molar-refractivity contribution < 1.29 is 38.2 Å². The van der Waals surface area contributed by atoms with E-state index in [0.29, 0.717) is 19.3 Å². The smallest absolute Gasteiger partial charge is 0.323 e. The second-order valence-electron chi connectivity index (χ2n) is 13.7. The van der Waals surface area contributed by atoms with Crippen molar-refractivity contribution >= 4 is 29.6 Å². The first-order valence-electron chi connectivity index (χ1n) is 16.1. The van der Waals surface area contributed by atoms with Crippen LogP contribution in [0.4, 0.5) is 0 Å². The molecule has 2 heterocycles. The van der Waals surface area contributed by atoms with Crippen molar-refractivity contribution in [1.29, 1.82) is 0 Å². The van der Waals surface area contributed by atoms with Crippen molar-refractivity contribution in [2.24, 2.45) is 17.8 Å². The standard InChI is InChI=1S/C34H48N4O8/c1-20(2)16-25(30(40)37-26(29(39)35-6)17-21-10-8-7-9-11-21)36-24(33(43)46-34(3,4)5)12-13-38-31(41)22-18-27-28(45-15-14-44-27)19-23(22)32(38)42/h7-11,14-15,20,22-28,36H,12-13,16-19H2,1-6H3,(H,35,39)(H,37,40)/t22?,23?,24?,25-,26-,27?,28?/m0/s1. The van der Waals surface area contributed by atoms with Gasteiger partial charge in [0, 0.05) is 32.9 Å². The zero-order chi connectivity index (χ0) is 33.6. The fraction of sp³-hybridized carbons (Fsp3) is 0.618. The molecule has 5 unspecified atom stereocenters. The number of carbonyl (C=O) groups is 5. The Morgan fingerprint density at radius 2 is 1.50 bits per heavy atom. The monoisotopic (exact) mass is 640 g/mol. The summed E-state index contributed by atoms with van der Waals surface area (Å²) in [6, 6.07) is 6.65. The SMILES string of the molecule is CNC(=O)[C@H](Cc1ccccc1)NC(=O)[C@H](CC(C)C)NC(CCN1C(=O)C2CC3OC=COC3CC2C1=O)C(=O)OC(C)(C)C. The molecule has 1 aromatic carbocycles. The Hall–Kier alpha value is -3.93. The molecule has 12 nitrogen and oxygen atoms in total. The van der Waals surface area contributed by atoms with Crippen LogP contribution in [-0.4, -0.2) is 84.0 Å². The lowest BCUT2D eigenvalue weighted by Gasteiger charge is -2.36. The van der Waals surface area contributed by atoms with E-state index in [0.717, 1.165) is 5.56 Å². The van der Waals surface area contributed by atoms with Gasteiger partial charge < -0.3 is 24.8 Å². The maximum Gasteiger partial charge on any atom is 0.323 e. The normalized spacial score (nSPS) is 24.2. The van der Waals surface area contributed by atoms with E-state index in [2.05, 4.69) is 16.0 Å². The summed E-state index contributed by atoms with van der Waals surface area (Å²) in [5.74, 6) is -2.93. The lowest BCUT2D eigenvalue weighted by molar-refractivity contribution is -0.159. The van der Waals surface area contributed by atoms with E-state index in [1.807, 2.05) is 44.2 Å². The second-order valence-corrected chi connectivity index (χ2v) is 13.7. The zero-order valence-electron chi connectivity index (χ0n) is 27.6. The van der Waals surface area contributed by atoms with Crippen LogP contribution in [0.15, 0.2) is 42.9 Å². The molecule has 0 radical (unpaired) electrons. The Labute approximate surface area is 271 Å². The average molecular weight is 641 g/mol. The summed E-state index contributed by atoms with van der Waals surface area (Å²) in [5.41, 5.74) is 0.0660. The molecule has 3 aliphatic rings. The van der Waals surface area contributed by atoms with Crippen LogP contribution in [0.25, 0.3) is 0 Å². The predicted octanol–water partition coefficient (Wildman–Crippen LogP) is 2.21. The van der Waals surface area contributed by atoms with E-state index in [4.69, 9.17) is 14.2 Å². The number of amides is 4. The number of nitrogens with one attached hydrogen (secondary N) is 3. The van der Waals surface area contributed by atoms with Gasteiger partial charge in [-0.2, -0.15) is 0 Å². The van der Waals surface area contributed by atoms with Gasteiger partial charge in [0.1, 0.15) is 42.4 Å². The molecule has 4 rings (SSSR count). The molecule has 1 saturated heterocycles. The highest BCUT2D eigenvalue weighted by molar-refractivity contribution is 6.05. The van der Waals surface area contributed by atoms with Gasteiger partial charge in [-0.25, -0.2) is 0 Å². The number of likely N-dealkylation sites (tertiary alicyclic amines) is 1. The maximum atomic E-state index is 13.7. The van der Waals surface area contributed by atoms with Crippen LogP contribution >= 0.6 is 0 Å². The molecule has 252 valence electrons. The van der Waals surface area contributed by atoms with Crippen molar-refractivity contribution in [3.05, 3.63) is 48.4 Å². The molecule has 0 aromatic heterocycles. The molecule has 12 heteroatoms. The first kappa shape index (κ1) is 34.9. The van der Waals surface area contributed by atoms with E-state index >= 15 is 0 Å². The van der Waals surface area contributed by atoms with Gasteiger partial charge in [0.25, 0.3) is 0 Å². The maximum absolute atomic E-state index is 13.7. The molecule has 46 heavy (non-hydrogen) atoms. The van der Waals surface area contributed by atoms with Gasteiger partial charge in [-0.15, -0.1) is 0 Å². The number of nitrogens with zero attached hydrogens (tertiary/aromatic N) is 1. The zero-order valence-corrected chi connectivity index (χ0v) is 27.6. The van der Waals surface area contributed by atoms with Gasteiger partial charge in [0.15, 0.2) is 0 Å². The highest BCUT2D eigenvalue weighted by Crippen LogP contribution is 2.41. The third-order valence-electron chi connectivity index (χ3n) is 8.52. The number of carbonyl (C=O) groups excluding carboxylic acids is 5. The van der Waals surface area contributed by atoms with Crippen LogP contribution in [0.2, 0.25) is 0 Å². The molecule has 0 bridgehead atoms. The number of likely N-dealkylation sites (N-methyl/N-ethyl adjacent to an activating group) is 1. The summed E-state index contributed by atoms with van der Waals surface area (Å²) in [7, 11) is 1.51. The Balaban J connectivity index is 1.50. The fourth-order valence-corrected chi connectivity index (χ4v) is 6.33. The highest BCUT2D eigenvalue weighted by atomic mass is 16.6. The number of imide groups is 1. The summed E-state index contributed by atoms with van der Waals surface area (Å²) < 4.78 is 17.0. The van der Waals surface area contributed by atoms with Crippen LogP contribution in [0.1, 0.15) is 65.9 Å². The molecule has 1 aromatic rings. The van der Waals surface area contributed by atoms with Crippen LogP contribution in [0.5, 0.6) is 0 Å². The fourth-order valence-electron chi connectivity index (χ4n) is 6.33. The largest absolute Gasteiger partial charge is 0.491 e. The van der Waals surface area contributed by atoms with Gasteiger partial charge in [0.2, 0.25) is 23.6 Å². The minimum Gasteiger partial charge on any atom is -0.491 e. The van der Waals surface area contributed by atoms with Crippen molar-refractivity contribution in [2.75, 3.05) is 13.6 Å². The minimum atomic E-state index is -1.01. The van der Waals surface area contributed by atoms with Crippen LogP contribution in [-0.2, 0) is 44.6 Å². The van der Waals surface area contributed by atoms with Crippen LogP contribution in [0.3, 0.4) is 0 Å². The van der Waals surface area contributed by atoms with Gasteiger partial charge in [-0.3, -0.25) is 34.2 Å². The second kappa shape index (κ2) is 15.1. The summed E-state index contributed by atoms with van der Waals surface area (Å²) in [4.78, 5) is 68.1. The van der Waals surface area contributed by atoms with E-state index in [1.54, 1.807) is 20.8 Å². The molecule has 3 N–H and O–H groups in total. The number of esters is 1. The third-order valence-corrected chi connectivity index (χ3v) is 8.52.